The molecule has 108 valence electrons. The van der Waals surface area contributed by atoms with Crippen LogP contribution in [0.25, 0.3) is 0 Å². The third-order valence-electron chi connectivity index (χ3n) is 2.31. The van der Waals surface area contributed by atoms with Gasteiger partial charge < -0.3 is 16.2 Å². The van der Waals surface area contributed by atoms with Crippen molar-refractivity contribution in [3.63, 3.8) is 0 Å². The molecular formula is C11H11Cl2N3O4. The molecule has 9 heteroatoms. The Bertz CT molecular complexity index is 530. The summed E-state index contributed by atoms with van der Waals surface area (Å²) in [6, 6.07) is 1.26. The number of halogens is 2. The van der Waals surface area contributed by atoms with E-state index in [-0.39, 0.29) is 28.7 Å². The van der Waals surface area contributed by atoms with Crippen LogP contribution in [0.1, 0.15) is 23.2 Å². The van der Waals surface area contributed by atoms with E-state index in [2.05, 4.69) is 10.3 Å². The monoisotopic (exact) mass is 319 g/mol. The summed E-state index contributed by atoms with van der Waals surface area (Å²) in [6.45, 7) is 0. The number of hydrogen-bond acceptors (Lipinski definition) is 4. The predicted octanol–water partition coefficient (Wildman–Crippen LogP) is 0.837. The summed E-state index contributed by atoms with van der Waals surface area (Å²) >= 11 is 11.3. The van der Waals surface area contributed by atoms with Crippen molar-refractivity contribution in [2.45, 2.75) is 18.9 Å². The Labute approximate surface area is 124 Å². The fourth-order valence-corrected chi connectivity index (χ4v) is 1.84. The number of nitrogens with one attached hydrogen (secondary N) is 1. The highest BCUT2D eigenvalue weighted by atomic mass is 35.5. The van der Waals surface area contributed by atoms with Crippen LogP contribution in [0, 0.1) is 0 Å². The van der Waals surface area contributed by atoms with E-state index in [9.17, 15) is 14.4 Å². The van der Waals surface area contributed by atoms with Gasteiger partial charge in [0.15, 0.2) is 0 Å². The van der Waals surface area contributed by atoms with Gasteiger partial charge in [0.25, 0.3) is 5.91 Å². The second-order valence-electron chi connectivity index (χ2n) is 3.87. The van der Waals surface area contributed by atoms with E-state index in [1.165, 1.54) is 12.1 Å². The van der Waals surface area contributed by atoms with Crippen molar-refractivity contribution in [2.75, 3.05) is 0 Å². The summed E-state index contributed by atoms with van der Waals surface area (Å²) in [6.07, 6.45) is -0.266. The van der Waals surface area contributed by atoms with Crippen molar-refractivity contribution in [2.24, 2.45) is 5.73 Å². The van der Waals surface area contributed by atoms with Crippen molar-refractivity contribution >= 4 is 41.0 Å². The number of nitrogens with zero attached hydrogens (tertiary/aromatic N) is 1. The maximum atomic E-state index is 11.9. The number of carbonyl (C=O) groups excluding carboxylic acids is 2. The average Bonchev–Trinajstić information content (AvgIpc) is 2.32. The minimum atomic E-state index is -1.27. The Morgan fingerprint density at radius 3 is 2.30 bits per heavy atom. The lowest BCUT2D eigenvalue weighted by atomic mass is 10.1. The second-order valence-corrected chi connectivity index (χ2v) is 4.65. The molecule has 1 rings (SSSR count). The molecule has 1 aromatic rings. The zero-order chi connectivity index (χ0) is 15.3. The lowest BCUT2D eigenvalue weighted by Crippen LogP contribution is -2.41. The van der Waals surface area contributed by atoms with Gasteiger partial charge in [-0.1, -0.05) is 23.2 Å². The van der Waals surface area contributed by atoms with Gasteiger partial charge >= 0.3 is 5.97 Å². The van der Waals surface area contributed by atoms with Gasteiger partial charge in [-0.3, -0.25) is 9.59 Å². The summed E-state index contributed by atoms with van der Waals surface area (Å²) in [4.78, 5) is 37.2. The highest BCUT2D eigenvalue weighted by Gasteiger charge is 2.21. The molecule has 0 aliphatic rings. The first-order valence-corrected chi connectivity index (χ1v) is 6.20. The first-order chi connectivity index (χ1) is 9.29. The molecule has 1 unspecified atom stereocenters. The lowest BCUT2D eigenvalue weighted by Gasteiger charge is -2.13. The van der Waals surface area contributed by atoms with Gasteiger partial charge in [0, 0.05) is 12.0 Å². The van der Waals surface area contributed by atoms with Crippen LogP contribution in [-0.2, 0) is 9.59 Å². The van der Waals surface area contributed by atoms with Crippen molar-refractivity contribution in [1.29, 1.82) is 0 Å². The molecule has 0 bridgehead atoms. The molecule has 0 saturated heterocycles. The molecule has 0 aromatic carbocycles. The largest absolute Gasteiger partial charge is 0.480 e. The molecule has 7 nitrogen and oxygen atoms in total. The summed E-state index contributed by atoms with van der Waals surface area (Å²) in [5.74, 6) is -2.61. The molecule has 4 N–H and O–H groups in total. The number of carbonyl (C=O) groups is 3. The lowest BCUT2D eigenvalue weighted by molar-refractivity contribution is -0.139. The van der Waals surface area contributed by atoms with E-state index in [1.807, 2.05) is 0 Å². The molecule has 1 aromatic heterocycles. The van der Waals surface area contributed by atoms with Crippen LogP contribution in [0.15, 0.2) is 12.1 Å². The first kappa shape index (κ1) is 16.2. The molecular weight excluding hydrogens is 309 g/mol. The fourth-order valence-electron chi connectivity index (χ4n) is 1.38. The molecule has 1 atom stereocenters. The highest BCUT2D eigenvalue weighted by Crippen LogP contribution is 2.15. The zero-order valence-corrected chi connectivity index (χ0v) is 11.6. The smallest absolute Gasteiger partial charge is 0.326 e. The maximum absolute atomic E-state index is 11.9. The third kappa shape index (κ3) is 5.02. The minimum Gasteiger partial charge on any atom is -0.480 e. The number of amides is 2. The van der Waals surface area contributed by atoms with Gasteiger partial charge in [-0.2, -0.15) is 0 Å². The average molecular weight is 320 g/mol. The molecule has 2 amide bonds. The van der Waals surface area contributed by atoms with Crippen molar-refractivity contribution < 1.29 is 19.5 Å². The van der Waals surface area contributed by atoms with E-state index in [0.29, 0.717) is 0 Å². The molecule has 0 radical (unpaired) electrons. The number of primary amides is 1. The van der Waals surface area contributed by atoms with Crippen LogP contribution in [0.3, 0.4) is 0 Å². The fraction of sp³-hybridized carbons (Fsp3) is 0.273. The molecule has 1 heterocycles. The molecule has 0 aliphatic heterocycles. The molecule has 20 heavy (non-hydrogen) atoms. The van der Waals surface area contributed by atoms with Gasteiger partial charge in [-0.05, 0) is 18.6 Å². The quantitative estimate of drug-likeness (QED) is 0.670. The number of nitrogens with two attached hydrogens (primary N) is 1. The van der Waals surface area contributed by atoms with Gasteiger partial charge in [0.05, 0.1) is 0 Å². The van der Waals surface area contributed by atoms with Gasteiger partial charge in [-0.15, -0.1) is 0 Å². The van der Waals surface area contributed by atoms with E-state index in [1.54, 1.807) is 0 Å². The Kier molecular flexibility index (Phi) is 5.72. The number of carboxylic acid groups (broad SMARTS) is 1. The van der Waals surface area contributed by atoms with Crippen LogP contribution in [0.5, 0.6) is 0 Å². The number of hydrogen-bond donors (Lipinski definition) is 3. The van der Waals surface area contributed by atoms with Gasteiger partial charge in [0.1, 0.15) is 16.3 Å². The Balaban J connectivity index is 2.79. The van der Waals surface area contributed by atoms with E-state index >= 15 is 0 Å². The third-order valence-corrected chi connectivity index (χ3v) is 2.70. The maximum Gasteiger partial charge on any atom is 0.326 e. The van der Waals surface area contributed by atoms with Crippen molar-refractivity contribution in [3.8, 4) is 0 Å². The Morgan fingerprint density at radius 1 is 1.30 bits per heavy atom. The van der Waals surface area contributed by atoms with E-state index in [4.69, 9.17) is 34.0 Å². The zero-order valence-electron chi connectivity index (χ0n) is 10.1. The van der Waals surface area contributed by atoms with Crippen LogP contribution in [0.4, 0.5) is 0 Å². The van der Waals surface area contributed by atoms with Gasteiger partial charge in [0.2, 0.25) is 5.91 Å². The van der Waals surface area contributed by atoms with Crippen LogP contribution >= 0.6 is 23.2 Å². The van der Waals surface area contributed by atoms with Crippen LogP contribution in [0.2, 0.25) is 10.3 Å². The number of aliphatic carboxylic acids is 1. The second kappa shape index (κ2) is 7.06. The van der Waals surface area contributed by atoms with E-state index in [0.717, 1.165) is 0 Å². The molecule has 0 spiro atoms. The van der Waals surface area contributed by atoms with Gasteiger partial charge in [-0.25, -0.2) is 9.78 Å². The molecule has 0 aliphatic carbocycles. The highest BCUT2D eigenvalue weighted by molar-refractivity contribution is 6.33. The minimum absolute atomic E-state index is 0.00617. The Morgan fingerprint density at radius 2 is 1.85 bits per heavy atom. The number of aromatic nitrogens is 1. The number of pyridine rings is 1. The summed E-state index contributed by atoms with van der Waals surface area (Å²) < 4.78 is 0. The standard InChI is InChI=1S/C11H11Cl2N3O4/c12-7-3-5(4-8(13)16-7)10(18)15-6(11(19)20)1-2-9(14)17/h3-4,6H,1-2H2,(H2,14,17)(H,15,18)(H,19,20). The summed E-state index contributed by atoms with van der Waals surface area (Å²) in [7, 11) is 0. The predicted molar refractivity (Wildman–Crippen MR) is 71.6 cm³/mol. The summed E-state index contributed by atoms with van der Waals surface area (Å²) in [5, 5.41) is 11.2. The Hall–Kier alpha value is -1.86. The van der Waals surface area contributed by atoms with E-state index < -0.39 is 23.8 Å². The van der Waals surface area contributed by atoms with Crippen LogP contribution < -0.4 is 11.1 Å². The number of rotatable bonds is 6. The summed E-state index contributed by atoms with van der Waals surface area (Å²) in [5.41, 5.74) is 5.00. The normalized spacial score (nSPS) is 11.7. The molecule has 0 fully saturated rings. The topological polar surface area (TPSA) is 122 Å². The van der Waals surface area contributed by atoms with Crippen LogP contribution in [-0.4, -0.2) is 33.9 Å². The number of carboxylic acids is 1. The van der Waals surface area contributed by atoms with Crippen molar-refractivity contribution in [3.05, 3.63) is 28.0 Å². The first-order valence-electron chi connectivity index (χ1n) is 5.44. The van der Waals surface area contributed by atoms with Crippen molar-refractivity contribution in [1.82, 2.24) is 10.3 Å². The molecule has 0 saturated carbocycles. The SMILES string of the molecule is NC(=O)CCC(NC(=O)c1cc(Cl)nc(Cl)c1)C(=O)O.